The second-order valence-electron chi connectivity index (χ2n) is 6.28. The van der Waals surface area contributed by atoms with Crippen LogP contribution in [0.15, 0.2) is 27.7 Å². The molecule has 1 atom stereocenters. The van der Waals surface area contributed by atoms with Crippen LogP contribution in [0.3, 0.4) is 0 Å². The van der Waals surface area contributed by atoms with E-state index in [2.05, 4.69) is 22.7 Å². The number of hydrogen-bond donors (Lipinski definition) is 2. The summed E-state index contributed by atoms with van der Waals surface area (Å²) in [4.78, 5) is 4.71. The van der Waals surface area contributed by atoms with Crippen molar-refractivity contribution < 1.29 is 14.0 Å². The molecule has 0 radical (unpaired) electrons. The van der Waals surface area contributed by atoms with Crippen LogP contribution in [0.1, 0.15) is 43.7 Å². The van der Waals surface area contributed by atoms with Crippen molar-refractivity contribution in [2.45, 2.75) is 40.5 Å². The third-order valence-corrected chi connectivity index (χ3v) is 4.18. The number of methoxy groups -OCH3 is 1. The predicted molar refractivity (Wildman–Crippen MR) is 124 cm³/mol. The molecular formula is C20H31IN4O3. The third-order valence-electron chi connectivity index (χ3n) is 4.18. The lowest BCUT2D eigenvalue weighted by Gasteiger charge is -2.15. The van der Waals surface area contributed by atoms with E-state index in [0.717, 1.165) is 35.0 Å². The number of ether oxygens (including phenoxy) is 2. The maximum Gasteiger partial charge on any atom is 0.195 e. The molecule has 0 saturated heterocycles. The molecule has 0 bridgehead atoms. The monoisotopic (exact) mass is 502 g/mol. The van der Waals surface area contributed by atoms with Gasteiger partial charge in [-0.3, -0.25) is 4.99 Å². The van der Waals surface area contributed by atoms with Gasteiger partial charge in [0.25, 0.3) is 0 Å². The van der Waals surface area contributed by atoms with Crippen molar-refractivity contribution in [1.82, 2.24) is 10.5 Å². The first-order chi connectivity index (χ1) is 13.0. The predicted octanol–water partition coefficient (Wildman–Crippen LogP) is 4.50. The number of halogens is 1. The standard InChI is InChI=1S/C20H30N4O3.HI/c1-7-21-20(22-12-13(3)19-14(4)24-27-15(19)5)23-16-9-10-17(26-8-2)18(11-16)25-6;/h9-11,13H,7-8,12H2,1-6H3,(H2,21,22,23);1H. The fourth-order valence-corrected chi connectivity index (χ4v) is 2.98. The molecule has 2 N–H and O–H groups in total. The molecule has 0 aliphatic rings. The number of anilines is 1. The normalized spacial score (nSPS) is 12.1. The lowest BCUT2D eigenvalue weighted by atomic mass is 10.00. The molecule has 7 nitrogen and oxygen atoms in total. The Labute approximate surface area is 184 Å². The van der Waals surface area contributed by atoms with E-state index in [0.29, 0.717) is 24.9 Å². The van der Waals surface area contributed by atoms with Gasteiger partial charge in [-0.2, -0.15) is 0 Å². The van der Waals surface area contributed by atoms with Crippen molar-refractivity contribution in [3.63, 3.8) is 0 Å². The minimum atomic E-state index is 0. The third kappa shape index (κ3) is 6.29. The van der Waals surface area contributed by atoms with Gasteiger partial charge in [0.1, 0.15) is 5.76 Å². The van der Waals surface area contributed by atoms with Gasteiger partial charge in [0.15, 0.2) is 17.5 Å². The van der Waals surface area contributed by atoms with Gasteiger partial charge in [-0.1, -0.05) is 12.1 Å². The smallest absolute Gasteiger partial charge is 0.195 e. The van der Waals surface area contributed by atoms with E-state index in [-0.39, 0.29) is 29.9 Å². The maximum atomic E-state index is 5.56. The average molecular weight is 502 g/mol. The minimum absolute atomic E-state index is 0. The van der Waals surface area contributed by atoms with E-state index >= 15 is 0 Å². The van der Waals surface area contributed by atoms with Crippen LogP contribution in [0.5, 0.6) is 11.5 Å². The summed E-state index contributed by atoms with van der Waals surface area (Å²) in [6.45, 7) is 12.0. The number of guanidine groups is 1. The fourth-order valence-electron chi connectivity index (χ4n) is 2.98. The molecule has 1 aromatic heterocycles. The van der Waals surface area contributed by atoms with Crippen LogP contribution in [0.25, 0.3) is 0 Å². The van der Waals surface area contributed by atoms with Crippen molar-refractivity contribution in [2.75, 3.05) is 32.1 Å². The van der Waals surface area contributed by atoms with E-state index in [1.54, 1.807) is 7.11 Å². The van der Waals surface area contributed by atoms with Crippen molar-refractivity contribution in [2.24, 2.45) is 4.99 Å². The number of nitrogens with one attached hydrogen (secondary N) is 2. The van der Waals surface area contributed by atoms with Gasteiger partial charge in [0.2, 0.25) is 0 Å². The zero-order valence-corrected chi connectivity index (χ0v) is 19.8. The number of aliphatic imine (C=N–C) groups is 1. The molecule has 0 fully saturated rings. The Morgan fingerprint density at radius 3 is 2.57 bits per heavy atom. The SMILES string of the molecule is CCNC(=NCC(C)c1c(C)noc1C)Nc1ccc(OCC)c(OC)c1.I. The van der Waals surface area contributed by atoms with Gasteiger partial charge in [0, 0.05) is 36.3 Å². The Morgan fingerprint density at radius 1 is 1.25 bits per heavy atom. The molecule has 2 rings (SSSR count). The second-order valence-corrected chi connectivity index (χ2v) is 6.28. The highest BCUT2D eigenvalue weighted by Gasteiger charge is 2.16. The highest BCUT2D eigenvalue weighted by Crippen LogP contribution is 2.30. The first-order valence-electron chi connectivity index (χ1n) is 9.29. The molecule has 0 aliphatic heterocycles. The first kappa shape index (κ1) is 24.1. The number of aryl methyl sites for hydroxylation is 2. The Kier molecular flexibility index (Phi) is 10.1. The molecule has 8 heteroatoms. The summed E-state index contributed by atoms with van der Waals surface area (Å²) in [7, 11) is 1.63. The summed E-state index contributed by atoms with van der Waals surface area (Å²) in [6, 6.07) is 5.73. The van der Waals surface area contributed by atoms with Crippen LogP contribution < -0.4 is 20.1 Å². The molecule has 0 aliphatic carbocycles. The number of rotatable bonds is 8. The summed E-state index contributed by atoms with van der Waals surface area (Å²) >= 11 is 0. The highest BCUT2D eigenvalue weighted by molar-refractivity contribution is 14.0. The number of nitrogens with zero attached hydrogens (tertiary/aromatic N) is 2. The Morgan fingerprint density at radius 2 is 2.00 bits per heavy atom. The van der Waals surface area contributed by atoms with E-state index in [4.69, 9.17) is 19.0 Å². The van der Waals surface area contributed by atoms with Gasteiger partial charge in [-0.05, 0) is 39.8 Å². The van der Waals surface area contributed by atoms with Crippen molar-refractivity contribution in [3.8, 4) is 11.5 Å². The molecule has 1 heterocycles. The molecule has 156 valence electrons. The summed E-state index contributed by atoms with van der Waals surface area (Å²) in [5, 5.41) is 10.6. The van der Waals surface area contributed by atoms with Crippen LogP contribution in [0.2, 0.25) is 0 Å². The van der Waals surface area contributed by atoms with Gasteiger partial charge < -0.3 is 24.6 Å². The average Bonchev–Trinajstić information content (AvgIpc) is 2.99. The fraction of sp³-hybridized carbons (Fsp3) is 0.500. The quantitative estimate of drug-likeness (QED) is 0.315. The van der Waals surface area contributed by atoms with Gasteiger partial charge >= 0.3 is 0 Å². The second kappa shape index (κ2) is 11.8. The summed E-state index contributed by atoms with van der Waals surface area (Å²) in [5.74, 6) is 3.18. The lowest BCUT2D eigenvalue weighted by Crippen LogP contribution is -2.31. The lowest BCUT2D eigenvalue weighted by molar-refractivity contribution is 0.311. The van der Waals surface area contributed by atoms with Gasteiger partial charge in [0.05, 0.1) is 19.4 Å². The van der Waals surface area contributed by atoms with Crippen LogP contribution in [-0.4, -0.2) is 37.9 Å². The molecular weight excluding hydrogens is 471 g/mol. The highest BCUT2D eigenvalue weighted by atomic mass is 127. The van der Waals surface area contributed by atoms with Crippen LogP contribution >= 0.6 is 24.0 Å². The zero-order valence-electron chi connectivity index (χ0n) is 17.5. The largest absolute Gasteiger partial charge is 0.493 e. The maximum absolute atomic E-state index is 5.56. The molecule has 0 saturated carbocycles. The molecule has 0 spiro atoms. The number of hydrogen-bond acceptors (Lipinski definition) is 5. The van der Waals surface area contributed by atoms with E-state index in [9.17, 15) is 0 Å². The zero-order chi connectivity index (χ0) is 19.8. The van der Waals surface area contributed by atoms with Crippen LogP contribution in [0.4, 0.5) is 5.69 Å². The molecule has 2 aromatic rings. The molecule has 0 amide bonds. The number of benzene rings is 1. The Bertz CT molecular complexity index is 757. The molecule has 1 aromatic carbocycles. The van der Waals surface area contributed by atoms with Crippen LogP contribution in [-0.2, 0) is 0 Å². The van der Waals surface area contributed by atoms with Gasteiger partial charge in [-0.15, -0.1) is 24.0 Å². The van der Waals surface area contributed by atoms with Crippen LogP contribution in [0, 0.1) is 13.8 Å². The molecule has 1 unspecified atom stereocenters. The van der Waals surface area contributed by atoms with E-state index in [1.807, 2.05) is 45.9 Å². The minimum Gasteiger partial charge on any atom is -0.493 e. The Balaban J connectivity index is 0.00000392. The number of aromatic nitrogens is 1. The van der Waals surface area contributed by atoms with E-state index < -0.39 is 0 Å². The summed E-state index contributed by atoms with van der Waals surface area (Å²) < 4.78 is 16.2. The van der Waals surface area contributed by atoms with Gasteiger partial charge in [-0.25, -0.2) is 0 Å². The summed E-state index contributed by atoms with van der Waals surface area (Å²) in [5.41, 5.74) is 2.92. The van der Waals surface area contributed by atoms with E-state index in [1.165, 1.54) is 0 Å². The Hall–Kier alpha value is -1.97. The molecule has 28 heavy (non-hydrogen) atoms. The van der Waals surface area contributed by atoms with Crippen molar-refractivity contribution in [3.05, 3.63) is 35.2 Å². The topological polar surface area (TPSA) is 80.9 Å². The summed E-state index contributed by atoms with van der Waals surface area (Å²) in [6.07, 6.45) is 0. The van der Waals surface area contributed by atoms with Crippen molar-refractivity contribution >= 4 is 35.6 Å². The first-order valence-corrected chi connectivity index (χ1v) is 9.29. The van der Waals surface area contributed by atoms with Crippen molar-refractivity contribution in [1.29, 1.82) is 0 Å².